The third-order valence-electron chi connectivity index (χ3n) is 3.26. The molecule has 80 valence electrons. The number of hydrogen-bond acceptors (Lipinski definition) is 3. The maximum absolute atomic E-state index is 5.91. The lowest BCUT2D eigenvalue weighted by atomic mass is 9.97. The Bertz CT molecular complexity index is 366. The summed E-state index contributed by atoms with van der Waals surface area (Å²) in [6, 6.07) is 8.69. The molecule has 3 heteroatoms. The van der Waals surface area contributed by atoms with Gasteiger partial charge in [0, 0.05) is 11.6 Å². The predicted octanol–water partition coefficient (Wildman–Crippen LogP) is 1.76. The smallest absolute Gasteiger partial charge is 0.184 e. The molecule has 3 rings (SSSR count). The molecule has 1 saturated heterocycles. The molecule has 0 unspecified atom stereocenters. The number of hydrogen-bond donors (Lipinski definition) is 1. The quantitative estimate of drug-likeness (QED) is 0.758. The predicted molar refractivity (Wildman–Crippen MR) is 56.4 cm³/mol. The van der Waals surface area contributed by atoms with E-state index in [9.17, 15) is 0 Å². The van der Waals surface area contributed by atoms with E-state index >= 15 is 0 Å². The fourth-order valence-corrected chi connectivity index (χ4v) is 2.45. The average Bonchev–Trinajstić information content (AvgIpc) is 2.50. The molecule has 2 bridgehead atoms. The highest BCUT2D eigenvalue weighted by atomic mass is 16.7. The molecule has 0 spiro atoms. The topological polar surface area (TPSA) is 30.5 Å². The van der Waals surface area contributed by atoms with Crippen LogP contribution in [0.5, 0.6) is 0 Å². The third-order valence-corrected chi connectivity index (χ3v) is 3.26. The van der Waals surface area contributed by atoms with Crippen LogP contribution in [0.3, 0.4) is 0 Å². The van der Waals surface area contributed by atoms with Crippen LogP contribution >= 0.6 is 0 Å². The lowest BCUT2D eigenvalue weighted by Crippen LogP contribution is -2.32. The van der Waals surface area contributed by atoms with Gasteiger partial charge in [0.05, 0.1) is 6.61 Å². The Morgan fingerprint density at radius 3 is 2.87 bits per heavy atom. The van der Waals surface area contributed by atoms with Crippen LogP contribution in [0.25, 0.3) is 0 Å². The van der Waals surface area contributed by atoms with Crippen LogP contribution in [0, 0.1) is 0 Å². The second kappa shape index (κ2) is 3.59. The van der Waals surface area contributed by atoms with Crippen LogP contribution in [0.4, 0.5) is 0 Å². The van der Waals surface area contributed by atoms with Crippen LogP contribution in [-0.2, 0) is 9.47 Å². The van der Waals surface area contributed by atoms with E-state index in [1.165, 1.54) is 11.1 Å². The van der Waals surface area contributed by atoms with Crippen molar-refractivity contribution in [2.75, 3.05) is 13.7 Å². The molecule has 0 saturated carbocycles. The number of rotatable bonds is 1. The van der Waals surface area contributed by atoms with Crippen molar-refractivity contribution in [1.29, 1.82) is 0 Å². The highest BCUT2D eigenvalue weighted by Crippen LogP contribution is 2.43. The second-order valence-electron chi connectivity index (χ2n) is 4.07. The molecule has 2 aliphatic heterocycles. The van der Waals surface area contributed by atoms with Crippen LogP contribution < -0.4 is 5.32 Å². The zero-order valence-corrected chi connectivity index (χ0v) is 8.77. The zero-order chi connectivity index (χ0) is 10.3. The summed E-state index contributed by atoms with van der Waals surface area (Å²) in [6.07, 6.45) is 1.01. The van der Waals surface area contributed by atoms with E-state index in [2.05, 4.69) is 23.5 Å². The van der Waals surface area contributed by atoms with E-state index in [4.69, 9.17) is 9.47 Å². The van der Waals surface area contributed by atoms with E-state index in [1.54, 1.807) is 0 Å². The van der Waals surface area contributed by atoms with Crippen molar-refractivity contribution in [2.45, 2.75) is 24.9 Å². The summed E-state index contributed by atoms with van der Waals surface area (Å²) in [6.45, 7) is 0.765. The van der Waals surface area contributed by atoms with Crippen molar-refractivity contribution in [3.8, 4) is 0 Å². The van der Waals surface area contributed by atoms with Crippen molar-refractivity contribution >= 4 is 0 Å². The van der Waals surface area contributed by atoms with Gasteiger partial charge in [-0.3, -0.25) is 0 Å². The Kier molecular flexibility index (Phi) is 2.24. The maximum atomic E-state index is 5.91. The summed E-state index contributed by atoms with van der Waals surface area (Å²) in [5, 5.41) is 3.31. The number of nitrogens with one attached hydrogen (secondary N) is 1. The maximum Gasteiger partial charge on any atom is 0.184 e. The number of fused-ring (bicyclic) bond motifs is 5. The molecule has 1 aromatic carbocycles. The highest BCUT2D eigenvalue weighted by molar-refractivity contribution is 5.34. The van der Waals surface area contributed by atoms with Gasteiger partial charge >= 0.3 is 0 Å². The summed E-state index contributed by atoms with van der Waals surface area (Å²) < 4.78 is 11.6. The minimum absolute atomic E-state index is 0.149. The van der Waals surface area contributed by atoms with E-state index in [0.29, 0.717) is 6.04 Å². The molecule has 0 aromatic heterocycles. The second-order valence-corrected chi connectivity index (χ2v) is 4.07. The lowest BCUT2D eigenvalue weighted by Gasteiger charge is -2.21. The summed E-state index contributed by atoms with van der Waals surface area (Å²) >= 11 is 0. The van der Waals surface area contributed by atoms with Gasteiger partial charge in [-0.1, -0.05) is 24.3 Å². The first-order valence-corrected chi connectivity index (χ1v) is 5.43. The molecule has 3 atom stereocenters. The van der Waals surface area contributed by atoms with Crippen LogP contribution in [0.1, 0.15) is 29.9 Å². The lowest BCUT2D eigenvalue weighted by molar-refractivity contribution is -0.143. The molecule has 2 aliphatic rings. The van der Waals surface area contributed by atoms with E-state index in [-0.39, 0.29) is 12.4 Å². The Labute approximate surface area is 89.4 Å². The van der Waals surface area contributed by atoms with Crippen LogP contribution in [0.2, 0.25) is 0 Å². The SMILES string of the molecule is CN[C@H]1CCO[C@@H]2O[C@H]1c1ccccc12. The largest absolute Gasteiger partial charge is 0.348 e. The minimum Gasteiger partial charge on any atom is -0.348 e. The first kappa shape index (κ1) is 9.33. The van der Waals surface area contributed by atoms with Crippen LogP contribution in [0.15, 0.2) is 24.3 Å². The molecule has 2 heterocycles. The van der Waals surface area contributed by atoms with Crippen molar-refractivity contribution in [2.24, 2.45) is 0 Å². The van der Waals surface area contributed by atoms with Gasteiger partial charge in [-0.15, -0.1) is 0 Å². The van der Waals surface area contributed by atoms with Crippen molar-refractivity contribution in [3.05, 3.63) is 35.4 Å². The van der Waals surface area contributed by atoms with Crippen molar-refractivity contribution in [1.82, 2.24) is 5.32 Å². The molecule has 1 aromatic rings. The Morgan fingerprint density at radius 2 is 2.07 bits per heavy atom. The first-order chi connectivity index (χ1) is 7.40. The Morgan fingerprint density at radius 1 is 1.27 bits per heavy atom. The molecule has 1 fully saturated rings. The van der Waals surface area contributed by atoms with Crippen molar-refractivity contribution in [3.63, 3.8) is 0 Å². The van der Waals surface area contributed by atoms with Gasteiger partial charge in [-0.2, -0.15) is 0 Å². The third kappa shape index (κ3) is 1.39. The van der Waals surface area contributed by atoms with E-state index in [1.807, 2.05) is 13.1 Å². The first-order valence-electron chi connectivity index (χ1n) is 5.43. The number of ether oxygens (including phenoxy) is 2. The van der Waals surface area contributed by atoms with Gasteiger partial charge in [-0.25, -0.2) is 0 Å². The molecular weight excluding hydrogens is 190 g/mol. The molecule has 0 aliphatic carbocycles. The molecule has 15 heavy (non-hydrogen) atoms. The molecular formula is C12H15NO2. The van der Waals surface area contributed by atoms with Gasteiger partial charge in [0.25, 0.3) is 0 Å². The van der Waals surface area contributed by atoms with Crippen LogP contribution in [-0.4, -0.2) is 19.7 Å². The van der Waals surface area contributed by atoms with E-state index in [0.717, 1.165) is 13.0 Å². The van der Waals surface area contributed by atoms with Gasteiger partial charge in [0.15, 0.2) is 6.29 Å². The molecule has 3 nitrogen and oxygen atoms in total. The highest BCUT2D eigenvalue weighted by Gasteiger charge is 2.38. The fourth-order valence-electron chi connectivity index (χ4n) is 2.45. The Hall–Kier alpha value is -0.900. The summed E-state index contributed by atoms with van der Waals surface area (Å²) in [4.78, 5) is 0. The number of benzene rings is 1. The van der Waals surface area contributed by atoms with Gasteiger partial charge in [-0.05, 0) is 19.0 Å². The number of likely N-dealkylation sites (N-methyl/N-ethyl adjacent to an activating group) is 1. The fraction of sp³-hybridized carbons (Fsp3) is 0.500. The molecule has 0 radical (unpaired) electrons. The van der Waals surface area contributed by atoms with Gasteiger partial charge in [0.2, 0.25) is 0 Å². The van der Waals surface area contributed by atoms with Crippen molar-refractivity contribution < 1.29 is 9.47 Å². The van der Waals surface area contributed by atoms with E-state index < -0.39 is 0 Å². The zero-order valence-electron chi connectivity index (χ0n) is 8.77. The normalized spacial score (nSPS) is 33.5. The molecule has 1 N–H and O–H groups in total. The molecule has 0 amide bonds. The summed E-state index contributed by atoms with van der Waals surface area (Å²) in [7, 11) is 1.98. The monoisotopic (exact) mass is 205 g/mol. The minimum atomic E-state index is -0.149. The standard InChI is InChI=1S/C12H15NO2/c1-13-10-6-7-14-12-9-5-3-2-4-8(9)11(10)15-12/h2-5,10-13H,6-7H2,1H3/t10-,11-,12+/m0/s1. The summed E-state index contributed by atoms with van der Waals surface area (Å²) in [5.74, 6) is 0. The van der Waals surface area contributed by atoms with Gasteiger partial charge < -0.3 is 14.8 Å². The summed E-state index contributed by atoms with van der Waals surface area (Å²) in [5.41, 5.74) is 2.48. The Balaban J connectivity index is 2.04. The average molecular weight is 205 g/mol. The van der Waals surface area contributed by atoms with Gasteiger partial charge in [0.1, 0.15) is 6.10 Å².